The third-order valence-electron chi connectivity index (χ3n) is 2.68. The molecule has 0 fully saturated rings. The number of H-pyrrole nitrogens is 1. The van der Waals surface area contributed by atoms with E-state index in [0.29, 0.717) is 15.7 Å². The predicted octanol–water partition coefficient (Wildman–Crippen LogP) is 4.12. The third-order valence-corrected chi connectivity index (χ3v) is 3.13. The molecule has 0 aliphatic heterocycles. The first-order valence-electron chi connectivity index (χ1n) is 5.34. The molecule has 18 heavy (non-hydrogen) atoms. The predicted molar refractivity (Wildman–Crippen MR) is 76.0 cm³/mol. The summed E-state index contributed by atoms with van der Waals surface area (Å²) in [6, 6.07) is 11.0. The van der Waals surface area contributed by atoms with Crippen LogP contribution in [0.2, 0.25) is 10.0 Å². The molecule has 1 aromatic heterocycles. The van der Waals surface area contributed by atoms with Gasteiger partial charge in [0.2, 0.25) is 0 Å². The zero-order valence-electron chi connectivity index (χ0n) is 9.24. The summed E-state index contributed by atoms with van der Waals surface area (Å²) < 4.78 is 0. The number of imidazole rings is 1. The van der Waals surface area contributed by atoms with Crippen LogP contribution in [0.25, 0.3) is 22.4 Å². The summed E-state index contributed by atoms with van der Waals surface area (Å²) in [6.45, 7) is 0. The van der Waals surface area contributed by atoms with Gasteiger partial charge in [0.15, 0.2) is 0 Å². The van der Waals surface area contributed by atoms with Gasteiger partial charge in [-0.1, -0.05) is 35.3 Å². The Balaban J connectivity index is 2.22. The molecule has 0 aliphatic carbocycles. The zero-order chi connectivity index (χ0) is 12.7. The largest absolute Gasteiger partial charge is 0.397 e. The highest BCUT2D eigenvalue weighted by atomic mass is 35.5. The van der Waals surface area contributed by atoms with Crippen molar-refractivity contribution in [3.63, 3.8) is 0 Å². The normalized spacial score (nSPS) is 11.0. The lowest BCUT2D eigenvalue weighted by Gasteiger charge is -1.96. The molecule has 3 nitrogen and oxygen atoms in total. The standard InChI is InChI=1S/C13H9Cl2N3/c14-8-3-1-2-7(4-8)13-17-11-6-9(15)5-10(16)12(11)18-13/h1-6H,16H2,(H,17,18). The fourth-order valence-corrected chi connectivity index (χ4v) is 2.30. The molecule has 0 radical (unpaired) electrons. The van der Waals surface area contributed by atoms with Crippen LogP contribution < -0.4 is 5.73 Å². The van der Waals surface area contributed by atoms with Crippen molar-refractivity contribution in [1.82, 2.24) is 9.97 Å². The quantitative estimate of drug-likeness (QED) is 0.658. The fraction of sp³-hybridized carbons (Fsp3) is 0. The first kappa shape index (κ1) is 11.4. The van der Waals surface area contributed by atoms with Crippen LogP contribution in [0, 0.1) is 0 Å². The minimum absolute atomic E-state index is 0.557. The Hall–Kier alpha value is -1.71. The van der Waals surface area contributed by atoms with Crippen molar-refractivity contribution in [3.8, 4) is 11.4 Å². The van der Waals surface area contributed by atoms with E-state index in [0.717, 1.165) is 22.4 Å². The van der Waals surface area contributed by atoms with Gasteiger partial charge in [0.05, 0.1) is 11.2 Å². The molecule has 0 unspecified atom stereocenters. The van der Waals surface area contributed by atoms with E-state index >= 15 is 0 Å². The van der Waals surface area contributed by atoms with Gasteiger partial charge in [-0.2, -0.15) is 0 Å². The summed E-state index contributed by atoms with van der Waals surface area (Å²) in [5.74, 6) is 0.724. The summed E-state index contributed by atoms with van der Waals surface area (Å²) >= 11 is 11.9. The fourth-order valence-electron chi connectivity index (χ4n) is 1.88. The maximum Gasteiger partial charge on any atom is 0.138 e. The van der Waals surface area contributed by atoms with Crippen LogP contribution in [0.3, 0.4) is 0 Å². The maximum absolute atomic E-state index is 5.96. The highest BCUT2D eigenvalue weighted by Gasteiger charge is 2.09. The number of benzene rings is 2. The molecule has 0 saturated carbocycles. The third kappa shape index (κ3) is 1.92. The number of hydrogen-bond donors (Lipinski definition) is 2. The Kier molecular flexibility index (Phi) is 2.65. The molecular formula is C13H9Cl2N3. The van der Waals surface area contributed by atoms with Crippen LogP contribution in [-0.2, 0) is 0 Å². The Labute approximate surface area is 114 Å². The molecule has 3 rings (SSSR count). The Morgan fingerprint density at radius 1 is 1.06 bits per heavy atom. The second kappa shape index (κ2) is 4.19. The van der Waals surface area contributed by atoms with Crippen LogP contribution in [0.15, 0.2) is 36.4 Å². The van der Waals surface area contributed by atoms with E-state index in [1.165, 1.54) is 0 Å². The highest BCUT2D eigenvalue weighted by Crippen LogP contribution is 2.28. The van der Waals surface area contributed by atoms with E-state index in [1.807, 2.05) is 24.3 Å². The van der Waals surface area contributed by atoms with E-state index in [1.54, 1.807) is 12.1 Å². The number of aromatic amines is 1. The maximum atomic E-state index is 5.96. The Morgan fingerprint density at radius 3 is 2.67 bits per heavy atom. The van der Waals surface area contributed by atoms with Crippen molar-refractivity contribution in [2.45, 2.75) is 0 Å². The van der Waals surface area contributed by atoms with Crippen LogP contribution in [-0.4, -0.2) is 9.97 Å². The number of fused-ring (bicyclic) bond motifs is 1. The van der Waals surface area contributed by atoms with Gasteiger partial charge in [0.25, 0.3) is 0 Å². The van der Waals surface area contributed by atoms with E-state index in [4.69, 9.17) is 28.9 Å². The molecular weight excluding hydrogens is 269 g/mol. The summed E-state index contributed by atoms with van der Waals surface area (Å²) in [5.41, 5.74) is 8.89. The van der Waals surface area contributed by atoms with Gasteiger partial charge in [0, 0.05) is 15.6 Å². The molecule has 2 aromatic carbocycles. The summed E-state index contributed by atoms with van der Waals surface area (Å²) in [4.78, 5) is 7.65. The van der Waals surface area contributed by atoms with Crippen LogP contribution in [0.1, 0.15) is 0 Å². The number of halogens is 2. The average molecular weight is 278 g/mol. The Bertz CT molecular complexity index is 734. The number of nitrogens with two attached hydrogens (primary N) is 1. The number of hydrogen-bond acceptors (Lipinski definition) is 2. The molecule has 90 valence electrons. The Morgan fingerprint density at radius 2 is 1.89 bits per heavy atom. The first-order valence-corrected chi connectivity index (χ1v) is 6.10. The van der Waals surface area contributed by atoms with Gasteiger partial charge in [-0.05, 0) is 24.3 Å². The lowest BCUT2D eigenvalue weighted by molar-refractivity contribution is 1.34. The van der Waals surface area contributed by atoms with E-state index < -0.39 is 0 Å². The van der Waals surface area contributed by atoms with Crippen molar-refractivity contribution < 1.29 is 0 Å². The van der Waals surface area contributed by atoms with Gasteiger partial charge < -0.3 is 10.7 Å². The molecule has 0 saturated heterocycles. The molecule has 0 aliphatic rings. The second-order valence-corrected chi connectivity index (χ2v) is 4.86. The zero-order valence-corrected chi connectivity index (χ0v) is 10.8. The van der Waals surface area contributed by atoms with Gasteiger partial charge in [0.1, 0.15) is 11.3 Å². The van der Waals surface area contributed by atoms with E-state index in [9.17, 15) is 0 Å². The number of nitrogen functional groups attached to an aromatic ring is 1. The topological polar surface area (TPSA) is 54.7 Å². The molecule has 0 bridgehead atoms. The lowest BCUT2D eigenvalue weighted by atomic mass is 10.2. The van der Waals surface area contributed by atoms with Gasteiger partial charge in [-0.3, -0.25) is 0 Å². The minimum atomic E-state index is 0.557. The number of aromatic nitrogens is 2. The first-order chi connectivity index (χ1) is 8.63. The average Bonchev–Trinajstić information content (AvgIpc) is 2.73. The molecule has 1 heterocycles. The SMILES string of the molecule is Nc1cc(Cl)cc2[nH]c(-c3cccc(Cl)c3)nc12. The van der Waals surface area contributed by atoms with E-state index in [2.05, 4.69) is 9.97 Å². The van der Waals surface area contributed by atoms with Crippen LogP contribution in [0.4, 0.5) is 5.69 Å². The number of nitrogens with one attached hydrogen (secondary N) is 1. The highest BCUT2D eigenvalue weighted by molar-refractivity contribution is 6.32. The smallest absolute Gasteiger partial charge is 0.138 e. The monoisotopic (exact) mass is 277 g/mol. The van der Waals surface area contributed by atoms with Crippen molar-refractivity contribution in [3.05, 3.63) is 46.4 Å². The molecule has 3 aromatic rings. The lowest BCUT2D eigenvalue weighted by Crippen LogP contribution is -1.86. The molecule has 3 N–H and O–H groups in total. The van der Waals surface area contributed by atoms with Gasteiger partial charge in [-0.25, -0.2) is 4.98 Å². The van der Waals surface area contributed by atoms with Crippen molar-refractivity contribution in [1.29, 1.82) is 0 Å². The second-order valence-electron chi connectivity index (χ2n) is 3.99. The van der Waals surface area contributed by atoms with Gasteiger partial charge in [-0.15, -0.1) is 0 Å². The summed E-state index contributed by atoms with van der Waals surface area (Å²) in [6.07, 6.45) is 0. The molecule has 5 heteroatoms. The summed E-state index contributed by atoms with van der Waals surface area (Å²) in [5, 5.41) is 1.25. The van der Waals surface area contributed by atoms with E-state index in [-0.39, 0.29) is 0 Å². The van der Waals surface area contributed by atoms with Crippen molar-refractivity contribution in [2.75, 3.05) is 5.73 Å². The molecule has 0 amide bonds. The number of nitrogens with zero attached hydrogens (tertiary/aromatic N) is 1. The minimum Gasteiger partial charge on any atom is -0.397 e. The number of anilines is 1. The van der Waals surface area contributed by atoms with Crippen LogP contribution in [0.5, 0.6) is 0 Å². The summed E-state index contributed by atoms with van der Waals surface area (Å²) in [7, 11) is 0. The van der Waals surface area contributed by atoms with Crippen LogP contribution >= 0.6 is 23.2 Å². The number of rotatable bonds is 1. The van der Waals surface area contributed by atoms with Gasteiger partial charge >= 0.3 is 0 Å². The van der Waals surface area contributed by atoms with Crippen molar-refractivity contribution >= 4 is 39.9 Å². The van der Waals surface area contributed by atoms with Crippen molar-refractivity contribution in [2.24, 2.45) is 0 Å². The molecule has 0 spiro atoms. The molecule has 0 atom stereocenters.